The predicted octanol–water partition coefficient (Wildman–Crippen LogP) is 1.60. The minimum Gasteiger partial charge on any atom is -0.398 e. The molecule has 1 amide bonds. The van der Waals surface area contributed by atoms with E-state index in [1.165, 1.54) is 0 Å². The molecule has 3 N–H and O–H groups in total. The number of anilines is 1. The van der Waals surface area contributed by atoms with Gasteiger partial charge in [-0.3, -0.25) is 4.79 Å². The van der Waals surface area contributed by atoms with E-state index in [0.717, 1.165) is 19.5 Å². The summed E-state index contributed by atoms with van der Waals surface area (Å²) in [6.07, 6.45) is 1.14. The quantitative estimate of drug-likeness (QED) is 0.818. The number of carbonyl (C=O) groups is 1. The van der Waals surface area contributed by atoms with Crippen molar-refractivity contribution in [2.45, 2.75) is 6.42 Å². The molecule has 2 rings (SSSR count). The smallest absolute Gasteiger partial charge is 0.251 e. The van der Waals surface area contributed by atoms with Gasteiger partial charge in [0.2, 0.25) is 0 Å². The molecule has 1 unspecified atom stereocenters. The fourth-order valence-corrected chi connectivity index (χ4v) is 2.33. The molecule has 1 aromatic carbocycles. The van der Waals surface area contributed by atoms with E-state index in [1.807, 2.05) is 0 Å². The number of nitrogens with two attached hydrogens (primary N) is 1. The van der Waals surface area contributed by atoms with E-state index < -0.39 is 0 Å². The highest BCUT2D eigenvalue weighted by atomic mass is 35.5. The van der Waals surface area contributed by atoms with Crippen molar-refractivity contribution in [3.05, 3.63) is 28.8 Å². The molecule has 1 aliphatic heterocycles. The molecule has 1 fully saturated rings. The first-order valence-electron chi connectivity index (χ1n) is 6.08. The van der Waals surface area contributed by atoms with E-state index in [-0.39, 0.29) is 5.91 Å². The van der Waals surface area contributed by atoms with Crippen LogP contribution in [0.2, 0.25) is 5.02 Å². The van der Waals surface area contributed by atoms with Crippen molar-refractivity contribution in [3.63, 3.8) is 0 Å². The molecular weight excluding hydrogens is 250 g/mol. The Hall–Kier alpha value is -1.26. The minimum absolute atomic E-state index is 0.0899. The molecule has 5 heteroatoms. The zero-order valence-corrected chi connectivity index (χ0v) is 11.2. The largest absolute Gasteiger partial charge is 0.398 e. The summed E-state index contributed by atoms with van der Waals surface area (Å²) in [6.45, 7) is 2.86. The maximum Gasteiger partial charge on any atom is 0.251 e. The first-order chi connectivity index (χ1) is 8.56. The average molecular weight is 268 g/mol. The molecule has 1 saturated heterocycles. The third-order valence-electron chi connectivity index (χ3n) is 3.30. The second-order valence-corrected chi connectivity index (χ2v) is 5.27. The lowest BCUT2D eigenvalue weighted by molar-refractivity contribution is 0.0947. The Kier molecular flexibility index (Phi) is 4.09. The average Bonchev–Trinajstić information content (AvgIpc) is 2.75. The number of hydrogen-bond donors (Lipinski definition) is 2. The van der Waals surface area contributed by atoms with Gasteiger partial charge in [0.05, 0.1) is 10.7 Å². The summed E-state index contributed by atoms with van der Waals surface area (Å²) in [5.74, 6) is 0.455. The molecule has 4 nitrogen and oxygen atoms in total. The standard InChI is InChI=1S/C13H18ClN3O/c1-17-5-4-9(8-17)7-16-13(18)10-2-3-11(14)12(15)6-10/h2-3,6,9H,4-5,7-8,15H2,1H3,(H,16,18). The van der Waals surface area contributed by atoms with Gasteiger partial charge >= 0.3 is 0 Å². The van der Waals surface area contributed by atoms with Crippen LogP contribution in [0.4, 0.5) is 5.69 Å². The van der Waals surface area contributed by atoms with Crippen LogP contribution in [0.3, 0.4) is 0 Å². The summed E-state index contributed by atoms with van der Waals surface area (Å²) in [4.78, 5) is 14.2. The number of likely N-dealkylation sites (tertiary alicyclic amines) is 1. The number of hydrogen-bond acceptors (Lipinski definition) is 3. The lowest BCUT2D eigenvalue weighted by atomic mass is 10.1. The molecule has 1 aliphatic rings. The van der Waals surface area contributed by atoms with Crippen molar-refractivity contribution < 1.29 is 4.79 Å². The van der Waals surface area contributed by atoms with Crippen molar-refractivity contribution in [2.75, 3.05) is 32.4 Å². The Morgan fingerprint density at radius 1 is 1.61 bits per heavy atom. The van der Waals surface area contributed by atoms with E-state index in [2.05, 4.69) is 17.3 Å². The molecule has 1 atom stereocenters. The number of nitrogens with one attached hydrogen (secondary N) is 1. The number of nitrogens with zero attached hydrogens (tertiary/aromatic N) is 1. The van der Waals surface area contributed by atoms with Crippen LogP contribution < -0.4 is 11.1 Å². The van der Waals surface area contributed by atoms with E-state index >= 15 is 0 Å². The van der Waals surface area contributed by atoms with Gasteiger partial charge in [-0.15, -0.1) is 0 Å². The Balaban J connectivity index is 1.89. The summed E-state index contributed by atoms with van der Waals surface area (Å²) in [7, 11) is 2.10. The monoisotopic (exact) mass is 267 g/mol. The van der Waals surface area contributed by atoms with Crippen LogP contribution in [0.5, 0.6) is 0 Å². The summed E-state index contributed by atoms with van der Waals surface area (Å²) < 4.78 is 0. The summed E-state index contributed by atoms with van der Waals surface area (Å²) in [5.41, 5.74) is 6.67. The van der Waals surface area contributed by atoms with Crippen LogP contribution >= 0.6 is 11.6 Å². The van der Waals surface area contributed by atoms with Crippen LogP contribution in [-0.2, 0) is 0 Å². The number of halogens is 1. The lowest BCUT2D eigenvalue weighted by Crippen LogP contribution is -2.30. The summed E-state index contributed by atoms with van der Waals surface area (Å²) >= 11 is 5.82. The van der Waals surface area contributed by atoms with Gasteiger partial charge in [-0.1, -0.05) is 11.6 Å². The van der Waals surface area contributed by atoms with E-state index in [4.69, 9.17) is 17.3 Å². The Morgan fingerprint density at radius 3 is 3.00 bits per heavy atom. The maximum atomic E-state index is 11.9. The van der Waals surface area contributed by atoms with Gasteiger partial charge in [0.25, 0.3) is 5.91 Å². The zero-order valence-electron chi connectivity index (χ0n) is 10.4. The summed E-state index contributed by atoms with van der Waals surface area (Å²) in [6, 6.07) is 4.95. The molecule has 0 bridgehead atoms. The first-order valence-corrected chi connectivity index (χ1v) is 6.46. The molecule has 0 radical (unpaired) electrons. The molecule has 0 aromatic heterocycles. The minimum atomic E-state index is -0.0899. The number of benzene rings is 1. The molecule has 0 spiro atoms. The molecule has 18 heavy (non-hydrogen) atoms. The third-order valence-corrected chi connectivity index (χ3v) is 3.64. The topological polar surface area (TPSA) is 58.4 Å². The third kappa shape index (κ3) is 3.15. The lowest BCUT2D eigenvalue weighted by Gasteiger charge is -2.12. The normalized spacial score (nSPS) is 20.0. The Morgan fingerprint density at radius 2 is 2.39 bits per heavy atom. The molecule has 0 aliphatic carbocycles. The number of carbonyl (C=O) groups excluding carboxylic acids is 1. The number of rotatable bonds is 3. The van der Waals surface area contributed by atoms with Crippen LogP contribution in [0, 0.1) is 5.92 Å². The van der Waals surface area contributed by atoms with Crippen LogP contribution in [0.1, 0.15) is 16.8 Å². The molecule has 98 valence electrons. The van der Waals surface area contributed by atoms with Crippen molar-refractivity contribution in [2.24, 2.45) is 5.92 Å². The van der Waals surface area contributed by atoms with Gasteiger partial charge in [0.15, 0.2) is 0 Å². The maximum absolute atomic E-state index is 11.9. The van der Waals surface area contributed by atoms with Gasteiger partial charge in [-0.2, -0.15) is 0 Å². The van der Waals surface area contributed by atoms with Gasteiger partial charge in [0.1, 0.15) is 0 Å². The van der Waals surface area contributed by atoms with Crippen molar-refractivity contribution in [3.8, 4) is 0 Å². The zero-order chi connectivity index (χ0) is 13.1. The van der Waals surface area contributed by atoms with Gasteiger partial charge in [-0.25, -0.2) is 0 Å². The van der Waals surface area contributed by atoms with Crippen molar-refractivity contribution >= 4 is 23.2 Å². The van der Waals surface area contributed by atoms with Gasteiger partial charge in [-0.05, 0) is 44.1 Å². The second-order valence-electron chi connectivity index (χ2n) is 4.86. The predicted molar refractivity (Wildman–Crippen MR) is 73.8 cm³/mol. The Labute approximate surface area is 112 Å². The molecular formula is C13H18ClN3O. The van der Waals surface area contributed by atoms with E-state index in [0.29, 0.717) is 28.7 Å². The number of nitrogen functional groups attached to an aromatic ring is 1. The second kappa shape index (κ2) is 5.59. The fraction of sp³-hybridized carbons (Fsp3) is 0.462. The van der Waals surface area contributed by atoms with Crippen molar-refractivity contribution in [1.82, 2.24) is 10.2 Å². The molecule has 0 saturated carbocycles. The van der Waals surface area contributed by atoms with Gasteiger partial charge in [0, 0.05) is 18.7 Å². The van der Waals surface area contributed by atoms with E-state index in [1.54, 1.807) is 18.2 Å². The first kappa shape index (κ1) is 13.2. The van der Waals surface area contributed by atoms with Crippen molar-refractivity contribution in [1.29, 1.82) is 0 Å². The van der Waals surface area contributed by atoms with Gasteiger partial charge < -0.3 is 16.0 Å². The summed E-state index contributed by atoms with van der Waals surface area (Å²) in [5, 5.41) is 3.42. The van der Waals surface area contributed by atoms with Crippen LogP contribution in [0.25, 0.3) is 0 Å². The van der Waals surface area contributed by atoms with E-state index in [9.17, 15) is 4.79 Å². The van der Waals surface area contributed by atoms with Crippen LogP contribution in [-0.4, -0.2) is 37.5 Å². The highest BCUT2D eigenvalue weighted by Crippen LogP contribution is 2.19. The van der Waals surface area contributed by atoms with Crippen LogP contribution in [0.15, 0.2) is 18.2 Å². The number of amides is 1. The molecule has 1 heterocycles. The fourth-order valence-electron chi connectivity index (χ4n) is 2.22. The SMILES string of the molecule is CN1CCC(CNC(=O)c2ccc(Cl)c(N)c2)C1. The highest BCUT2D eigenvalue weighted by Gasteiger charge is 2.20. The molecule has 1 aromatic rings. The highest BCUT2D eigenvalue weighted by molar-refractivity contribution is 6.33. The Bertz CT molecular complexity index is 450.